The third-order valence-electron chi connectivity index (χ3n) is 6.62. The molecule has 3 heterocycles. The number of aliphatic hydroxyl groups excluding tert-OH is 1. The highest BCUT2D eigenvalue weighted by atomic mass is 19.1. The average molecular weight is 454 g/mol. The number of ether oxygens (including phenoxy) is 2. The minimum atomic E-state index is -0.910. The number of morpholine rings is 1. The van der Waals surface area contributed by atoms with Crippen LogP contribution in [-0.2, 0) is 4.74 Å². The molecular formula is C24H28FN5O3. The number of aromatic nitrogens is 3. The maximum Gasteiger partial charge on any atom is 0.162 e. The lowest BCUT2D eigenvalue weighted by molar-refractivity contribution is 0.0944. The quantitative estimate of drug-likeness (QED) is 0.631. The van der Waals surface area contributed by atoms with E-state index in [0.29, 0.717) is 17.9 Å². The Labute approximate surface area is 191 Å². The van der Waals surface area contributed by atoms with Crippen LogP contribution in [-0.4, -0.2) is 67.0 Å². The summed E-state index contributed by atoms with van der Waals surface area (Å²) in [5.74, 6) is 0.604. The summed E-state index contributed by atoms with van der Waals surface area (Å²) >= 11 is 0. The molecule has 0 spiro atoms. The fourth-order valence-corrected chi connectivity index (χ4v) is 4.80. The van der Waals surface area contributed by atoms with Gasteiger partial charge in [-0.1, -0.05) is 0 Å². The van der Waals surface area contributed by atoms with Crippen molar-refractivity contribution >= 4 is 22.4 Å². The van der Waals surface area contributed by atoms with Crippen LogP contribution in [0.5, 0.6) is 5.75 Å². The van der Waals surface area contributed by atoms with Crippen LogP contribution >= 0.6 is 0 Å². The first kappa shape index (κ1) is 21.8. The van der Waals surface area contributed by atoms with Crippen molar-refractivity contribution in [3.05, 3.63) is 47.8 Å². The standard InChI is InChI=1S/C24H28FN5O3/c1-32-18-5-7-19(21(25)14-18)23(31)16-3-2-8-30(15-16)24-20-6-4-17(13-22(20)26-28-27-24)29-9-11-33-12-10-29/h4-7,13-14,16,23,31H,2-3,8-12,15H2,1H3. The molecule has 2 unspecified atom stereocenters. The van der Waals surface area contributed by atoms with Crippen molar-refractivity contribution in [3.63, 3.8) is 0 Å². The number of methoxy groups -OCH3 is 1. The fourth-order valence-electron chi connectivity index (χ4n) is 4.80. The predicted molar refractivity (Wildman–Crippen MR) is 123 cm³/mol. The molecule has 3 aromatic rings. The number of hydrogen-bond donors (Lipinski definition) is 1. The van der Waals surface area contributed by atoms with Crippen LogP contribution in [0, 0.1) is 11.7 Å². The Morgan fingerprint density at radius 3 is 2.73 bits per heavy atom. The molecular weight excluding hydrogens is 425 g/mol. The molecule has 2 aromatic carbocycles. The third-order valence-corrected chi connectivity index (χ3v) is 6.62. The van der Waals surface area contributed by atoms with Gasteiger partial charge in [0.25, 0.3) is 0 Å². The molecule has 174 valence electrons. The Kier molecular flexibility index (Phi) is 6.24. The molecule has 2 saturated heterocycles. The van der Waals surface area contributed by atoms with Crippen molar-refractivity contribution in [2.75, 3.05) is 56.3 Å². The van der Waals surface area contributed by atoms with Crippen molar-refractivity contribution in [2.24, 2.45) is 5.92 Å². The van der Waals surface area contributed by atoms with E-state index in [4.69, 9.17) is 9.47 Å². The molecule has 8 nitrogen and oxygen atoms in total. The first-order valence-corrected chi connectivity index (χ1v) is 11.4. The van der Waals surface area contributed by atoms with Gasteiger partial charge in [-0.3, -0.25) is 0 Å². The van der Waals surface area contributed by atoms with Gasteiger partial charge in [0.1, 0.15) is 17.1 Å². The van der Waals surface area contributed by atoms with Crippen LogP contribution in [0.25, 0.3) is 10.9 Å². The summed E-state index contributed by atoms with van der Waals surface area (Å²) in [6, 6.07) is 10.8. The zero-order chi connectivity index (χ0) is 22.8. The van der Waals surface area contributed by atoms with E-state index in [9.17, 15) is 9.50 Å². The summed E-state index contributed by atoms with van der Waals surface area (Å²) in [6.45, 7) is 4.50. The highest BCUT2D eigenvalue weighted by molar-refractivity contribution is 5.91. The minimum Gasteiger partial charge on any atom is -0.497 e. The van der Waals surface area contributed by atoms with E-state index in [0.717, 1.165) is 68.1 Å². The topological polar surface area (TPSA) is 83.8 Å². The molecule has 2 aliphatic rings. The van der Waals surface area contributed by atoms with Crippen molar-refractivity contribution < 1.29 is 19.0 Å². The van der Waals surface area contributed by atoms with Crippen LogP contribution in [0.1, 0.15) is 24.5 Å². The molecule has 2 aliphatic heterocycles. The van der Waals surface area contributed by atoms with Crippen molar-refractivity contribution in [3.8, 4) is 5.75 Å². The summed E-state index contributed by atoms with van der Waals surface area (Å²) in [5, 5.41) is 24.5. The summed E-state index contributed by atoms with van der Waals surface area (Å²) in [4.78, 5) is 4.41. The molecule has 1 N–H and O–H groups in total. The van der Waals surface area contributed by atoms with E-state index >= 15 is 0 Å². The van der Waals surface area contributed by atoms with Gasteiger partial charge >= 0.3 is 0 Å². The number of hydrogen-bond acceptors (Lipinski definition) is 8. The second-order valence-corrected chi connectivity index (χ2v) is 8.59. The Bertz CT molecular complexity index is 1120. The number of aliphatic hydroxyl groups is 1. The number of nitrogens with zero attached hydrogens (tertiary/aromatic N) is 5. The fraction of sp³-hybridized carbons (Fsp3) is 0.458. The Morgan fingerprint density at radius 2 is 1.94 bits per heavy atom. The number of halogens is 1. The molecule has 5 rings (SSSR count). The largest absolute Gasteiger partial charge is 0.497 e. The van der Waals surface area contributed by atoms with Crippen molar-refractivity contribution in [1.82, 2.24) is 15.4 Å². The first-order chi connectivity index (χ1) is 16.1. The van der Waals surface area contributed by atoms with E-state index < -0.39 is 11.9 Å². The predicted octanol–water partition coefficient (Wildman–Crippen LogP) is 2.96. The maximum atomic E-state index is 14.6. The Hall–Kier alpha value is -3.04. The zero-order valence-corrected chi connectivity index (χ0v) is 18.7. The molecule has 2 fully saturated rings. The summed E-state index contributed by atoms with van der Waals surface area (Å²) in [5.41, 5.74) is 2.18. The van der Waals surface area contributed by atoms with E-state index in [1.807, 2.05) is 12.1 Å². The first-order valence-electron chi connectivity index (χ1n) is 11.4. The van der Waals surface area contributed by atoms with Gasteiger partial charge < -0.3 is 24.4 Å². The lowest BCUT2D eigenvalue weighted by Crippen LogP contribution is -2.39. The van der Waals surface area contributed by atoms with Gasteiger partial charge in [-0.2, -0.15) is 0 Å². The van der Waals surface area contributed by atoms with Gasteiger partial charge in [0.15, 0.2) is 5.82 Å². The molecule has 0 saturated carbocycles. The van der Waals surface area contributed by atoms with Crippen LogP contribution in [0.15, 0.2) is 36.4 Å². The number of fused-ring (bicyclic) bond motifs is 1. The molecule has 0 radical (unpaired) electrons. The molecule has 1 aromatic heterocycles. The number of anilines is 2. The third kappa shape index (κ3) is 4.43. The second kappa shape index (κ2) is 9.44. The van der Waals surface area contributed by atoms with E-state index in [-0.39, 0.29) is 5.92 Å². The average Bonchev–Trinajstić information content (AvgIpc) is 2.88. The lowest BCUT2D eigenvalue weighted by atomic mass is 9.88. The number of rotatable bonds is 5. The molecule has 0 aliphatic carbocycles. The SMILES string of the molecule is COc1ccc(C(O)C2CCCN(c3nnnc4cc(N5CCOCC5)ccc34)C2)c(F)c1. The van der Waals surface area contributed by atoms with E-state index in [1.54, 1.807) is 12.1 Å². The summed E-state index contributed by atoms with van der Waals surface area (Å²) < 4.78 is 25.1. The molecule has 33 heavy (non-hydrogen) atoms. The van der Waals surface area contributed by atoms with Crippen molar-refractivity contribution in [2.45, 2.75) is 18.9 Å². The van der Waals surface area contributed by atoms with Gasteiger partial charge in [-0.15, -0.1) is 10.2 Å². The molecule has 0 amide bonds. The highest BCUT2D eigenvalue weighted by Gasteiger charge is 2.30. The Balaban J connectivity index is 1.38. The van der Waals surface area contributed by atoms with Crippen molar-refractivity contribution in [1.29, 1.82) is 0 Å². The normalized spacial score (nSPS) is 20.2. The lowest BCUT2D eigenvalue weighted by Gasteiger charge is -2.36. The van der Waals surface area contributed by atoms with Crippen LogP contribution < -0.4 is 14.5 Å². The van der Waals surface area contributed by atoms with Crippen LogP contribution in [0.4, 0.5) is 15.9 Å². The smallest absolute Gasteiger partial charge is 0.162 e. The molecule has 0 bridgehead atoms. The number of piperidine rings is 1. The van der Waals surface area contributed by atoms with Gasteiger partial charge in [-0.25, -0.2) is 4.39 Å². The monoisotopic (exact) mass is 453 g/mol. The van der Waals surface area contributed by atoms with Gasteiger partial charge in [0.2, 0.25) is 0 Å². The molecule has 9 heteroatoms. The number of benzene rings is 2. The van der Waals surface area contributed by atoms with E-state index in [2.05, 4.69) is 31.3 Å². The van der Waals surface area contributed by atoms with Crippen LogP contribution in [0.2, 0.25) is 0 Å². The zero-order valence-electron chi connectivity index (χ0n) is 18.7. The van der Waals surface area contributed by atoms with Gasteiger partial charge in [0.05, 0.1) is 26.4 Å². The maximum absolute atomic E-state index is 14.6. The highest BCUT2D eigenvalue weighted by Crippen LogP contribution is 2.35. The summed E-state index contributed by atoms with van der Waals surface area (Å²) in [6.07, 6.45) is 0.769. The van der Waals surface area contributed by atoms with Gasteiger partial charge in [-0.05, 0) is 48.4 Å². The minimum absolute atomic E-state index is 0.126. The van der Waals surface area contributed by atoms with E-state index in [1.165, 1.54) is 13.2 Å². The van der Waals surface area contributed by atoms with Crippen LogP contribution in [0.3, 0.4) is 0 Å². The summed E-state index contributed by atoms with van der Waals surface area (Å²) in [7, 11) is 1.49. The second-order valence-electron chi connectivity index (χ2n) is 8.59. The Morgan fingerprint density at radius 1 is 1.09 bits per heavy atom. The molecule has 2 atom stereocenters. The van der Waals surface area contributed by atoms with Gasteiger partial charge in [0, 0.05) is 54.8 Å².